The summed E-state index contributed by atoms with van der Waals surface area (Å²) in [6.45, 7) is 2.42. The largest absolute Gasteiger partial charge is 0.399 e. The van der Waals surface area contributed by atoms with E-state index in [1.54, 1.807) is 18.3 Å². The zero-order valence-corrected chi connectivity index (χ0v) is 14.0. The third kappa shape index (κ3) is 3.41. The van der Waals surface area contributed by atoms with Gasteiger partial charge >= 0.3 is 0 Å². The Morgan fingerprint density at radius 3 is 2.42 bits per heavy atom. The summed E-state index contributed by atoms with van der Waals surface area (Å²) in [5.74, 6) is 0.285. The van der Waals surface area contributed by atoms with Crippen LogP contribution in [0.5, 0.6) is 0 Å². The first kappa shape index (κ1) is 16.1. The lowest BCUT2D eigenvalue weighted by atomic mass is 10.2. The Hall–Kier alpha value is -2.80. The number of aryl methyl sites for hydroxylation is 1. The lowest BCUT2D eigenvalue weighted by Crippen LogP contribution is -2.17. The van der Waals surface area contributed by atoms with Crippen molar-refractivity contribution in [2.75, 3.05) is 10.5 Å². The minimum absolute atomic E-state index is 0.142. The van der Waals surface area contributed by atoms with E-state index in [0.717, 1.165) is 11.3 Å². The van der Waals surface area contributed by atoms with Crippen LogP contribution < -0.4 is 10.5 Å². The Labute approximate surface area is 141 Å². The zero-order chi connectivity index (χ0) is 17.2. The molecule has 0 radical (unpaired) electrons. The molecule has 24 heavy (non-hydrogen) atoms. The molecule has 0 aliphatic rings. The monoisotopic (exact) mass is 342 g/mol. The van der Waals surface area contributed by atoms with Gasteiger partial charge in [-0.25, -0.2) is 18.1 Å². The third-order valence-electron chi connectivity index (χ3n) is 3.65. The van der Waals surface area contributed by atoms with Gasteiger partial charge in [-0.1, -0.05) is 30.3 Å². The molecule has 6 nitrogen and oxygen atoms in total. The van der Waals surface area contributed by atoms with Gasteiger partial charge in [0.15, 0.2) is 0 Å². The fraction of sp³-hybridized carbons (Fsp3) is 0.118. The molecule has 0 fully saturated rings. The van der Waals surface area contributed by atoms with Gasteiger partial charge in [0, 0.05) is 11.4 Å². The van der Waals surface area contributed by atoms with Gasteiger partial charge in [-0.2, -0.15) is 0 Å². The van der Waals surface area contributed by atoms with Crippen LogP contribution in [-0.4, -0.2) is 18.0 Å². The molecule has 1 heterocycles. The summed E-state index contributed by atoms with van der Waals surface area (Å²) in [6, 6.07) is 15.8. The Balaban J connectivity index is 1.89. The van der Waals surface area contributed by atoms with Gasteiger partial charge in [-0.05, 0) is 36.8 Å². The van der Waals surface area contributed by atoms with E-state index in [1.165, 1.54) is 12.1 Å². The molecular formula is C17H18N4O2S. The summed E-state index contributed by atoms with van der Waals surface area (Å²) < 4.78 is 29.4. The highest BCUT2D eigenvalue weighted by atomic mass is 32.2. The van der Waals surface area contributed by atoms with Crippen molar-refractivity contribution in [3.05, 3.63) is 72.1 Å². The van der Waals surface area contributed by atoms with E-state index in [2.05, 4.69) is 9.71 Å². The number of hydrogen-bond donors (Lipinski definition) is 2. The molecule has 0 amide bonds. The molecular weight excluding hydrogens is 324 g/mol. The smallest absolute Gasteiger partial charge is 0.264 e. The first-order chi connectivity index (χ1) is 11.5. The molecule has 3 aromatic rings. The molecule has 1 aromatic heterocycles. The molecule has 2 aromatic carbocycles. The topological polar surface area (TPSA) is 90.0 Å². The number of nitrogens with one attached hydrogen (secondary N) is 1. The van der Waals surface area contributed by atoms with Crippen molar-refractivity contribution in [1.82, 2.24) is 9.55 Å². The summed E-state index contributed by atoms with van der Waals surface area (Å²) in [7, 11) is -3.72. The van der Waals surface area contributed by atoms with E-state index in [-0.39, 0.29) is 10.8 Å². The minimum Gasteiger partial charge on any atom is -0.399 e. The summed E-state index contributed by atoms with van der Waals surface area (Å²) in [5.41, 5.74) is 8.04. The molecule has 7 heteroatoms. The lowest BCUT2D eigenvalue weighted by molar-refractivity contribution is 0.600. The van der Waals surface area contributed by atoms with Crippen molar-refractivity contribution in [3.63, 3.8) is 0 Å². The standard InChI is InChI=1S/C17H18N4O2S/c1-13-11-19-17(21(13)12-14-5-3-2-4-6-14)20-24(22,23)16-9-7-15(18)8-10-16/h2-11H,12,18H2,1H3,(H,19,20). The van der Waals surface area contributed by atoms with Crippen molar-refractivity contribution in [1.29, 1.82) is 0 Å². The van der Waals surface area contributed by atoms with Crippen LogP contribution in [0.15, 0.2) is 65.7 Å². The first-order valence-electron chi connectivity index (χ1n) is 7.40. The zero-order valence-electron chi connectivity index (χ0n) is 13.2. The average Bonchev–Trinajstić information content (AvgIpc) is 2.89. The second kappa shape index (κ2) is 6.37. The summed E-state index contributed by atoms with van der Waals surface area (Å²) in [4.78, 5) is 4.33. The molecule has 0 saturated heterocycles. The quantitative estimate of drug-likeness (QED) is 0.698. The first-order valence-corrected chi connectivity index (χ1v) is 8.88. The van der Waals surface area contributed by atoms with Gasteiger partial charge in [-0.15, -0.1) is 0 Å². The highest BCUT2D eigenvalue weighted by molar-refractivity contribution is 7.92. The number of rotatable bonds is 5. The highest BCUT2D eigenvalue weighted by Crippen LogP contribution is 2.19. The third-order valence-corrected chi connectivity index (χ3v) is 5.00. The van der Waals surface area contributed by atoms with E-state index < -0.39 is 10.0 Å². The normalized spacial score (nSPS) is 11.4. The van der Waals surface area contributed by atoms with Crippen LogP contribution in [0, 0.1) is 6.92 Å². The number of nitrogen functional groups attached to an aromatic ring is 1. The number of imidazole rings is 1. The Morgan fingerprint density at radius 1 is 1.08 bits per heavy atom. The van der Waals surface area contributed by atoms with E-state index in [9.17, 15) is 8.42 Å². The summed E-state index contributed by atoms with van der Waals surface area (Å²) >= 11 is 0. The van der Waals surface area contributed by atoms with Gasteiger partial charge in [-0.3, -0.25) is 0 Å². The molecule has 0 unspecified atom stereocenters. The molecule has 0 spiro atoms. The second-order valence-corrected chi connectivity index (χ2v) is 7.15. The number of benzene rings is 2. The van der Waals surface area contributed by atoms with Crippen molar-refractivity contribution in [3.8, 4) is 0 Å². The molecule has 0 aliphatic carbocycles. The molecule has 3 N–H and O–H groups in total. The van der Waals surface area contributed by atoms with Crippen LogP contribution in [0.2, 0.25) is 0 Å². The average molecular weight is 342 g/mol. The lowest BCUT2D eigenvalue weighted by Gasteiger charge is -2.12. The molecule has 0 saturated carbocycles. The number of nitrogens with two attached hydrogens (primary N) is 1. The number of nitrogens with zero attached hydrogens (tertiary/aromatic N) is 2. The fourth-order valence-electron chi connectivity index (χ4n) is 2.33. The molecule has 124 valence electrons. The minimum atomic E-state index is -3.72. The van der Waals surface area contributed by atoms with Crippen LogP contribution in [0.3, 0.4) is 0 Å². The van der Waals surface area contributed by atoms with E-state index in [0.29, 0.717) is 12.2 Å². The number of aromatic nitrogens is 2. The van der Waals surface area contributed by atoms with Gasteiger partial charge < -0.3 is 10.3 Å². The van der Waals surface area contributed by atoms with Crippen LogP contribution in [0.1, 0.15) is 11.3 Å². The Bertz CT molecular complexity index is 932. The van der Waals surface area contributed by atoms with Crippen molar-refractivity contribution in [2.45, 2.75) is 18.4 Å². The van der Waals surface area contributed by atoms with Gasteiger partial charge in [0.1, 0.15) is 0 Å². The number of hydrogen-bond acceptors (Lipinski definition) is 4. The predicted octanol–water partition coefficient (Wildman–Crippen LogP) is 2.62. The van der Waals surface area contributed by atoms with E-state index >= 15 is 0 Å². The van der Waals surface area contributed by atoms with Crippen LogP contribution in [0.25, 0.3) is 0 Å². The van der Waals surface area contributed by atoms with Crippen molar-refractivity contribution in [2.24, 2.45) is 0 Å². The molecule has 0 bridgehead atoms. The van der Waals surface area contributed by atoms with Crippen molar-refractivity contribution < 1.29 is 8.42 Å². The predicted molar refractivity (Wildman–Crippen MR) is 94.2 cm³/mol. The summed E-state index contributed by atoms with van der Waals surface area (Å²) in [6.07, 6.45) is 1.64. The Kier molecular flexibility index (Phi) is 4.26. The van der Waals surface area contributed by atoms with Crippen LogP contribution >= 0.6 is 0 Å². The van der Waals surface area contributed by atoms with E-state index in [1.807, 2.05) is 41.8 Å². The molecule has 0 atom stereocenters. The van der Waals surface area contributed by atoms with Crippen LogP contribution in [0.4, 0.5) is 11.6 Å². The maximum atomic E-state index is 12.5. The van der Waals surface area contributed by atoms with Gasteiger partial charge in [0.05, 0.1) is 17.6 Å². The van der Waals surface area contributed by atoms with Gasteiger partial charge in [0.25, 0.3) is 10.0 Å². The van der Waals surface area contributed by atoms with Gasteiger partial charge in [0.2, 0.25) is 5.95 Å². The Morgan fingerprint density at radius 2 is 1.75 bits per heavy atom. The second-order valence-electron chi connectivity index (χ2n) is 5.47. The van der Waals surface area contributed by atoms with Crippen LogP contribution in [-0.2, 0) is 16.6 Å². The SMILES string of the molecule is Cc1cnc(NS(=O)(=O)c2ccc(N)cc2)n1Cc1ccccc1. The number of anilines is 2. The molecule has 0 aliphatic heterocycles. The molecule has 3 rings (SSSR count). The highest BCUT2D eigenvalue weighted by Gasteiger charge is 2.18. The van der Waals surface area contributed by atoms with Crippen molar-refractivity contribution >= 4 is 21.7 Å². The maximum absolute atomic E-state index is 12.5. The maximum Gasteiger partial charge on any atom is 0.264 e. The number of sulfonamides is 1. The summed E-state index contributed by atoms with van der Waals surface area (Å²) in [5, 5.41) is 0. The fourth-order valence-corrected chi connectivity index (χ4v) is 3.35. The van der Waals surface area contributed by atoms with E-state index in [4.69, 9.17) is 5.73 Å².